The molecule has 2 aromatic heterocycles. The van der Waals surface area contributed by atoms with Crippen molar-refractivity contribution in [3.8, 4) is 18.0 Å². The molecule has 29 heavy (non-hydrogen) atoms. The van der Waals surface area contributed by atoms with E-state index >= 15 is 0 Å². The maximum atomic E-state index is 10.3. The summed E-state index contributed by atoms with van der Waals surface area (Å²) in [7, 11) is 0. The third-order valence-corrected chi connectivity index (χ3v) is 5.68. The van der Waals surface area contributed by atoms with Crippen LogP contribution in [0.5, 0.6) is 0 Å². The van der Waals surface area contributed by atoms with Crippen LogP contribution < -0.4 is 0 Å². The highest BCUT2D eigenvalue weighted by molar-refractivity contribution is 5.76. The predicted octanol–water partition coefficient (Wildman–Crippen LogP) is 3.02. The minimum atomic E-state index is -0.915. The third kappa shape index (κ3) is 3.25. The Hall–Kier alpha value is -3.26. The Morgan fingerprint density at radius 1 is 1.14 bits per heavy atom. The van der Waals surface area contributed by atoms with E-state index in [0.717, 1.165) is 22.4 Å². The van der Waals surface area contributed by atoms with Crippen molar-refractivity contribution in [3.05, 3.63) is 54.5 Å². The van der Waals surface area contributed by atoms with Crippen LogP contribution in [0.25, 0.3) is 16.9 Å². The van der Waals surface area contributed by atoms with Crippen molar-refractivity contribution in [3.63, 3.8) is 0 Å². The molecule has 1 aliphatic rings. The molecule has 3 aromatic rings. The molecule has 1 aliphatic heterocycles. The second-order valence-electron chi connectivity index (χ2n) is 7.25. The molecular formula is C22H22N6O. The molecule has 0 saturated carbocycles. The van der Waals surface area contributed by atoms with Gasteiger partial charge in [-0.1, -0.05) is 25.1 Å². The first-order valence-corrected chi connectivity index (χ1v) is 9.70. The van der Waals surface area contributed by atoms with Crippen molar-refractivity contribution in [1.29, 1.82) is 10.5 Å². The lowest BCUT2D eigenvalue weighted by molar-refractivity contribution is -0.0226. The molecule has 0 aliphatic carbocycles. The maximum Gasteiger partial charge on any atom is 0.139 e. The summed E-state index contributed by atoms with van der Waals surface area (Å²) in [5.74, 6) is 0.571. The molecule has 7 nitrogen and oxygen atoms in total. The van der Waals surface area contributed by atoms with E-state index in [4.69, 9.17) is 4.74 Å². The zero-order valence-corrected chi connectivity index (χ0v) is 16.3. The molecule has 146 valence electrons. The van der Waals surface area contributed by atoms with Crippen LogP contribution in [0.3, 0.4) is 0 Å². The summed E-state index contributed by atoms with van der Waals surface area (Å²) in [5, 5.41) is 19.6. The van der Waals surface area contributed by atoms with E-state index in [1.54, 1.807) is 12.5 Å². The molecular weight excluding hydrogens is 364 g/mol. The van der Waals surface area contributed by atoms with Gasteiger partial charge < -0.3 is 4.74 Å². The van der Waals surface area contributed by atoms with E-state index < -0.39 is 5.54 Å². The van der Waals surface area contributed by atoms with Crippen molar-refractivity contribution >= 4 is 11.0 Å². The topological polar surface area (TPSA) is 90.8 Å². The number of imidazole rings is 1. The fourth-order valence-corrected chi connectivity index (χ4v) is 4.12. The number of hydrogen-bond acceptors (Lipinski definition) is 6. The first-order chi connectivity index (χ1) is 14.2. The number of ether oxygens (including phenoxy) is 1. The molecule has 3 heterocycles. The zero-order chi connectivity index (χ0) is 20.3. The van der Waals surface area contributed by atoms with Gasteiger partial charge in [0.15, 0.2) is 0 Å². The Morgan fingerprint density at radius 3 is 2.62 bits per heavy atom. The number of para-hydroxylation sites is 2. The van der Waals surface area contributed by atoms with E-state index in [-0.39, 0.29) is 5.92 Å². The summed E-state index contributed by atoms with van der Waals surface area (Å²) in [6.07, 6.45) is 3.81. The van der Waals surface area contributed by atoms with Gasteiger partial charge in [-0.25, -0.2) is 9.97 Å². The van der Waals surface area contributed by atoms with E-state index in [2.05, 4.69) is 27.0 Å². The Morgan fingerprint density at radius 2 is 1.93 bits per heavy atom. The lowest BCUT2D eigenvalue weighted by Crippen LogP contribution is -2.54. The standard InChI is InChI=1S/C22H22N6O/c1-17(8-9-23)22(15-24,27-10-12-29-13-11-27)18-6-7-21(25-14-18)28-16-26-19-4-2-3-5-20(19)28/h2-7,14,16-17H,8,10-13H2,1H3. The van der Waals surface area contributed by atoms with Crippen molar-refractivity contribution < 1.29 is 4.74 Å². The number of nitrogens with zero attached hydrogens (tertiary/aromatic N) is 6. The first-order valence-electron chi connectivity index (χ1n) is 9.70. The number of benzene rings is 1. The van der Waals surface area contributed by atoms with Gasteiger partial charge in [0, 0.05) is 37.2 Å². The molecule has 7 heteroatoms. The Balaban J connectivity index is 1.75. The lowest BCUT2D eigenvalue weighted by Gasteiger charge is -2.44. The monoisotopic (exact) mass is 386 g/mol. The number of aromatic nitrogens is 3. The van der Waals surface area contributed by atoms with Crippen LogP contribution in [0.4, 0.5) is 0 Å². The highest BCUT2D eigenvalue weighted by Gasteiger charge is 2.44. The van der Waals surface area contributed by atoms with Crippen LogP contribution in [0.1, 0.15) is 18.9 Å². The summed E-state index contributed by atoms with van der Waals surface area (Å²) in [5.41, 5.74) is 1.77. The fraction of sp³-hybridized carbons (Fsp3) is 0.364. The van der Waals surface area contributed by atoms with Gasteiger partial charge in [0.1, 0.15) is 17.7 Å². The van der Waals surface area contributed by atoms with E-state index in [1.807, 2.05) is 47.9 Å². The molecule has 1 aromatic carbocycles. The smallest absolute Gasteiger partial charge is 0.139 e. The van der Waals surface area contributed by atoms with Gasteiger partial charge in [0.2, 0.25) is 0 Å². The molecule has 1 fully saturated rings. The summed E-state index contributed by atoms with van der Waals surface area (Å²) in [4.78, 5) is 11.2. The number of hydrogen-bond donors (Lipinski definition) is 0. The fourth-order valence-electron chi connectivity index (χ4n) is 4.12. The van der Waals surface area contributed by atoms with Gasteiger partial charge in [-0.3, -0.25) is 9.47 Å². The molecule has 2 unspecified atom stereocenters. The van der Waals surface area contributed by atoms with E-state index in [1.165, 1.54) is 0 Å². The highest BCUT2D eigenvalue weighted by Crippen LogP contribution is 2.38. The molecule has 0 radical (unpaired) electrons. The van der Waals surface area contributed by atoms with Gasteiger partial charge >= 0.3 is 0 Å². The molecule has 2 atom stereocenters. The zero-order valence-electron chi connectivity index (χ0n) is 16.3. The molecule has 0 amide bonds. The molecule has 0 N–H and O–H groups in total. The Labute approximate surface area is 169 Å². The van der Waals surface area contributed by atoms with Crippen LogP contribution in [0.2, 0.25) is 0 Å². The summed E-state index contributed by atoms with van der Waals surface area (Å²) in [6.45, 7) is 4.41. The quantitative estimate of drug-likeness (QED) is 0.669. The van der Waals surface area contributed by atoms with Crippen molar-refractivity contribution in [2.24, 2.45) is 5.92 Å². The number of morpholine rings is 1. The summed E-state index contributed by atoms with van der Waals surface area (Å²) < 4.78 is 7.41. The van der Waals surface area contributed by atoms with Gasteiger partial charge in [0.25, 0.3) is 0 Å². The van der Waals surface area contributed by atoms with Crippen molar-refractivity contribution in [1.82, 2.24) is 19.4 Å². The number of rotatable bonds is 5. The largest absolute Gasteiger partial charge is 0.379 e. The molecule has 4 rings (SSSR count). The van der Waals surface area contributed by atoms with Crippen molar-refractivity contribution in [2.75, 3.05) is 26.3 Å². The van der Waals surface area contributed by atoms with Gasteiger partial charge in [-0.05, 0) is 18.2 Å². The number of nitriles is 2. The van der Waals surface area contributed by atoms with Gasteiger partial charge in [-0.15, -0.1) is 0 Å². The average Bonchev–Trinajstić information content (AvgIpc) is 3.20. The van der Waals surface area contributed by atoms with Gasteiger partial charge in [0.05, 0.1) is 36.4 Å². The van der Waals surface area contributed by atoms with Gasteiger partial charge in [-0.2, -0.15) is 10.5 Å². The summed E-state index contributed by atoms with van der Waals surface area (Å²) >= 11 is 0. The molecule has 0 spiro atoms. The predicted molar refractivity (Wildman–Crippen MR) is 108 cm³/mol. The van der Waals surface area contributed by atoms with Crippen LogP contribution in [-0.2, 0) is 10.3 Å². The lowest BCUT2D eigenvalue weighted by atomic mass is 9.77. The normalized spacial score (nSPS) is 17.9. The second kappa shape index (κ2) is 8.00. The Kier molecular flexibility index (Phi) is 5.26. The van der Waals surface area contributed by atoms with E-state index in [9.17, 15) is 10.5 Å². The van der Waals surface area contributed by atoms with Crippen LogP contribution in [0.15, 0.2) is 48.9 Å². The van der Waals surface area contributed by atoms with Crippen LogP contribution in [-0.4, -0.2) is 45.7 Å². The molecule has 0 bridgehead atoms. The maximum absolute atomic E-state index is 10.3. The highest BCUT2D eigenvalue weighted by atomic mass is 16.5. The first kappa shape index (κ1) is 19.1. The van der Waals surface area contributed by atoms with Crippen LogP contribution >= 0.6 is 0 Å². The number of pyridine rings is 1. The second-order valence-corrected chi connectivity index (χ2v) is 7.25. The third-order valence-electron chi connectivity index (χ3n) is 5.68. The minimum absolute atomic E-state index is 0.169. The Bertz CT molecular complexity index is 1070. The average molecular weight is 386 g/mol. The van der Waals surface area contributed by atoms with Crippen molar-refractivity contribution in [2.45, 2.75) is 18.9 Å². The minimum Gasteiger partial charge on any atom is -0.379 e. The SMILES string of the molecule is CC(CC#N)C(C#N)(c1ccc(-n2cnc3ccccc32)nc1)N1CCOCC1. The van der Waals surface area contributed by atoms with Crippen LogP contribution in [0, 0.1) is 28.6 Å². The van der Waals surface area contributed by atoms with E-state index in [0.29, 0.717) is 32.7 Å². The number of fused-ring (bicyclic) bond motifs is 1. The summed E-state index contributed by atoms with van der Waals surface area (Å²) in [6, 6.07) is 16.5. The molecule has 1 saturated heterocycles.